The van der Waals surface area contributed by atoms with Gasteiger partial charge in [0.1, 0.15) is 0 Å². The van der Waals surface area contributed by atoms with Gasteiger partial charge in [-0.05, 0) is 47.4 Å². The number of hydrogen-bond acceptors (Lipinski definition) is 2. The van der Waals surface area contributed by atoms with E-state index in [1.54, 1.807) is 0 Å². The van der Waals surface area contributed by atoms with Gasteiger partial charge in [0, 0.05) is 15.6 Å². The molecule has 0 amide bonds. The molecule has 2 atom stereocenters. The number of benzene rings is 1. The molecule has 0 aliphatic heterocycles. The highest BCUT2D eigenvalue weighted by Gasteiger charge is 2.34. The topological polar surface area (TPSA) is 54.4 Å². The van der Waals surface area contributed by atoms with Crippen LogP contribution in [0.5, 0.6) is 0 Å². The van der Waals surface area contributed by atoms with E-state index >= 15 is 0 Å². The summed E-state index contributed by atoms with van der Waals surface area (Å²) in [5.41, 5.74) is 0.717. The van der Waals surface area contributed by atoms with Crippen molar-refractivity contribution in [2.75, 3.05) is 0 Å². The van der Waals surface area contributed by atoms with E-state index in [1.807, 2.05) is 24.3 Å². The van der Waals surface area contributed by atoms with E-state index < -0.39 is 5.97 Å². The van der Waals surface area contributed by atoms with Crippen molar-refractivity contribution < 1.29 is 14.7 Å². The van der Waals surface area contributed by atoms with Crippen LogP contribution in [0, 0.1) is 15.4 Å². The van der Waals surface area contributed by atoms with Crippen LogP contribution in [-0.4, -0.2) is 16.9 Å². The van der Waals surface area contributed by atoms with Crippen molar-refractivity contribution in [2.45, 2.75) is 25.7 Å². The highest BCUT2D eigenvalue weighted by molar-refractivity contribution is 14.1. The summed E-state index contributed by atoms with van der Waals surface area (Å²) in [7, 11) is 0. The number of ketones is 1. The second kappa shape index (κ2) is 5.82. The van der Waals surface area contributed by atoms with Gasteiger partial charge in [0.25, 0.3) is 0 Å². The van der Waals surface area contributed by atoms with Crippen molar-refractivity contribution >= 4 is 34.3 Å². The monoisotopic (exact) mass is 358 g/mol. The first-order valence-corrected chi connectivity index (χ1v) is 7.18. The Morgan fingerprint density at radius 1 is 1.28 bits per heavy atom. The van der Waals surface area contributed by atoms with Gasteiger partial charge in [-0.25, -0.2) is 0 Å². The predicted molar refractivity (Wildman–Crippen MR) is 76.6 cm³/mol. The molecule has 0 spiro atoms. The maximum absolute atomic E-state index is 12.2. The Labute approximate surface area is 120 Å². The Morgan fingerprint density at radius 2 is 2.00 bits per heavy atom. The minimum atomic E-state index is -0.756. The van der Waals surface area contributed by atoms with Gasteiger partial charge < -0.3 is 5.11 Å². The average Bonchev–Trinajstić information content (AvgIpc) is 2.77. The lowest BCUT2D eigenvalue weighted by molar-refractivity contribution is -0.142. The maximum atomic E-state index is 12.2. The molecule has 0 saturated heterocycles. The number of Topliss-reactive ketones (excluding diaryl/α,β-unsaturated/α-hetero) is 1. The zero-order valence-electron chi connectivity index (χ0n) is 9.93. The Morgan fingerprint density at radius 3 is 2.67 bits per heavy atom. The molecule has 96 valence electrons. The van der Waals surface area contributed by atoms with Gasteiger partial charge >= 0.3 is 5.97 Å². The lowest BCUT2D eigenvalue weighted by atomic mass is 9.89. The van der Waals surface area contributed by atoms with Crippen LogP contribution in [0.1, 0.15) is 36.0 Å². The van der Waals surface area contributed by atoms with Crippen molar-refractivity contribution in [2.24, 2.45) is 11.8 Å². The summed E-state index contributed by atoms with van der Waals surface area (Å²) in [5.74, 6) is -1.02. The van der Waals surface area contributed by atoms with Crippen LogP contribution in [0.2, 0.25) is 0 Å². The van der Waals surface area contributed by atoms with Gasteiger partial charge in [-0.1, -0.05) is 24.6 Å². The molecule has 0 radical (unpaired) electrons. The highest BCUT2D eigenvalue weighted by Crippen LogP contribution is 2.35. The number of carboxylic acids is 1. The molecule has 0 unspecified atom stereocenters. The van der Waals surface area contributed by atoms with Crippen LogP contribution in [0.25, 0.3) is 0 Å². The van der Waals surface area contributed by atoms with Crippen LogP contribution in [0.4, 0.5) is 0 Å². The molecular formula is C14H15IO3. The van der Waals surface area contributed by atoms with Crippen LogP contribution >= 0.6 is 22.6 Å². The van der Waals surface area contributed by atoms with Gasteiger partial charge in [-0.15, -0.1) is 0 Å². The second-order valence-corrected chi connectivity index (χ2v) is 5.91. The lowest BCUT2D eigenvalue weighted by Crippen LogP contribution is -2.21. The fourth-order valence-corrected chi connectivity index (χ4v) is 3.33. The molecule has 1 aliphatic rings. The van der Waals surface area contributed by atoms with E-state index in [4.69, 9.17) is 5.11 Å². The number of aliphatic carboxylic acids is 1. The standard InChI is InChI=1S/C14H15IO3/c15-12-7-2-1-5-11(12)13(16)8-9-4-3-6-10(9)14(17)18/h1-2,5,7,9-10H,3-4,6,8H2,(H,17,18)/t9-,10+/m1/s1. The summed E-state index contributed by atoms with van der Waals surface area (Å²) in [6.45, 7) is 0. The molecule has 18 heavy (non-hydrogen) atoms. The summed E-state index contributed by atoms with van der Waals surface area (Å²) in [6, 6.07) is 7.46. The molecule has 0 heterocycles. The fourth-order valence-electron chi connectivity index (χ4n) is 2.64. The Bertz CT molecular complexity index is 470. The third kappa shape index (κ3) is 2.91. The zero-order valence-corrected chi connectivity index (χ0v) is 12.1. The predicted octanol–water partition coefficient (Wildman–Crippen LogP) is 3.36. The summed E-state index contributed by atoms with van der Waals surface area (Å²) < 4.78 is 0.935. The molecule has 2 rings (SSSR count). The minimum Gasteiger partial charge on any atom is -0.481 e. The number of halogens is 1. The normalized spacial score (nSPS) is 22.9. The molecule has 3 nitrogen and oxygen atoms in total. The Kier molecular flexibility index (Phi) is 4.37. The highest BCUT2D eigenvalue weighted by atomic mass is 127. The SMILES string of the molecule is O=C(C[C@H]1CCC[C@@H]1C(=O)O)c1ccccc1I. The molecule has 0 bridgehead atoms. The van der Waals surface area contributed by atoms with Gasteiger partial charge in [-0.3, -0.25) is 9.59 Å². The smallest absolute Gasteiger partial charge is 0.306 e. The number of carbonyl (C=O) groups excluding carboxylic acids is 1. The summed E-state index contributed by atoms with van der Waals surface area (Å²) in [5, 5.41) is 9.11. The van der Waals surface area contributed by atoms with Crippen molar-refractivity contribution in [1.82, 2.24) is 0 Å². The summed E-state index contributed by atoms with van der Waals surface area (Å²) >= 11 is 2.14. The van der Waals surface area contributed by atoms with E-state index in [1.165, 1.54) is 0 Å². The van der Waals surface area contributed by atoms with Gasteiger partial charge in [-0.2, -0.15) is 0 Å². The summed E-state index contributed by atoms with van der Waals surface area (Å²) in [4.78, 5) is 23.3. The molecule has 1 fully saturated rings. The van der Waals surface area contributed by atoms with E-state index in [0.29, 0.717) is 18.4 Å². The minimum absolute atomic E-state index is 0.00556. The van der Waals surface area contributed by atoms with E-state index in [2.05, 4.69) is 22.6 Å². The quantitative estimate of drug-likeness (QED) is 0.663. The largest absolute Gasteiger partial charge is 0.481 e. The first-order valence-electron chi connectivity index (χ1n) is 6.10. The number of carbonyl (C=O) groups is 2. The first-order chi connectivity index (χ1) is 8.59. The number of rotatable bonds is 4. The van der Waals surface area contributed by atoms with Crippen molar-refractivity contribution in [3.8, 4) is 0 Å². The Balaban J connectivity index is 2.08. The summed E-state index contributed by atoms with van der Waals surface area (Å²) in [6.07, 6.45) is 2.84. The van der Waals surface area contributed by atoms with Crippen LogP contribution in [-0.2, 0) is 4.79 Å². The van der Waals surface area contributed by atoms with Crippen LogP contribution in [0.15, 0.2) is 24.3 Å². The third-order valence-corrected chi connectivity index (χ3v) is 4.54. The molecule has 1 saturated carbocycles. The lowest BCUT2D eigenvalue weighted by Gasteiger charge is -2.15. The molecule has 1 aromatic rings. The van der Waals surface area contributed by atoms with Gasteiger partial charge in [0.05, 0.1) is 5.92 Å². The molecule has 4 heteroatoms. The number of carboxylic acid groups (broad SMARTS) is 1. The first kappa shape index (κ1) is 13.5. The number of hydrogen-bond donors (Lipinski definition) is 1. The van der Waals surface area contributed by atoms with Crippen molar-refractivity contribution in [3.05, 3.63) is 33.4 Å². The third-order valence-electron chi connectivity index (χ3n) is 3.60. The molecule has 1 aromatic carbocycles. The molecular weight excluding hydrogens is 343 g/mol. The molecule has 1 N–H and O–H groups in total. The van der Waals surface area contributed by atoms with Gasteiger partial charge in [0.2, 0.25) is 0 Å². The van der Waals surface area contributed by atoms with Crippen molar-refractivity contribution in [1.29, 1.82) is 0 Å². The Hall–Kier alpha value is -0.910. The average molecular weight is 358 g/mol. The molecule has 0 aromatic heterocycles. The van der Waals surface area contributed by atoms with Gasteiger partial charge in [0.15, 0.2) is 5.78 Å². The second-order valence-electron chi connectivity index (χ2n) is 4.74. The fraction of sp³-hybridized carbons (Fsp3) is 0.429. The van der Waals surface area contributed by atoms with Crippen molar-refractivity contribution in [3.63, 3.8) is 0 Å². The maximum Gasteiger partial charge on any atom is 0.306 e. The zero-order chi connectivity index (χ0) is 13.1. The van der Waals surface area contributed by atoms with Crippen LogP contribution < -0.4 is 0 Å². The van der Waals surface area contributed by atoms with E-state index in [-0.39, 0.29) is 17.6 Å². The van der Waals surface area contributed by atoms with E-state index in [9.17, 15) is 9.59 Å². The van der Waals surface area contributed by atoms with E-state index in [0.717, 1.165) is 16.4 Å². The molecule has 1 aliphatic carbocycles. The van der Waals surface area contributed by atoms with Crippen LogP contribution in [0.3, 0.4) is 0 Å².